The minimum Gasteiger partial charge on any atom is -0.412 e. The molecular weight excluding hydrogens is 272 g/mol. The van der Waals surface area contributed by atoms with E-state index in [9.17, 15) is 0 Å². The van der Waals surface area contributed by atoms with Crippen molar-refractivity contribution in [1.29, 1.82) is 0 Å². The Kier molecular flexibility index (Phi) is 4.09. The SMILES string of the molecule is CC1/C(=C/c2ccccc2)CCO[Si]1(C)c1ccccc1. The van der Waals surface area contributed by atoms with E-state index >= 15 is 0 Å². The second kappa shape index (κ2) is 6.00. The van der Waals surface area contributed by atoms with Crippen molar-refractivity contribution < 1.29 is 4.43 Å². The third-order valence-corrected chi connectivity index (χ3v) is 8.98. The first-order chi connectivity index (χ1) is 10.2. The van der Waals surface area contributed by atoms with Gasteiger partial charge in [-0.2, -0.15) is 0 Å². The van der Waals surface area contributed by atoms with Crippen molar-refractivity contribution in [3.63, 3.8) is 0 Å². The van der Waals surface area contributed by atoms with Crippen LogP contribution in [0.3, 0.4) is 0 Å². The first-order valence-electron chi connectivity index (χ1n) is 7.65. The zero-order chi connectivity index (χ0) is 14.7. The molecule has 0 saturated carbocycles. The molecule has 2 heteroatoms. The second-order valence-electron chi connectivity index (χ2n) is 5.92. The number of benzene rings is 2. The van der Waals surface area contributed by atoms with E-state index in [4.69, 9.17) is 4.43 Å². The maximum absolute atomic E-state index is 6.33. The Hall–Kier alpha value is -1.64. The van der Waals surface area contributed by atoms with E-state index in [1.807, 2.05) is 0 Å². The molecule has 1 saturated heterocycles. The summed E-state index contributed by atoms with van der Waals surface area (Å²) in [5, 5.41) is 1.40. The number of hydrogen-bond donors (Lipinski definition) is 0. The topological polar surface area (TPSA) is 9.23 Å². The Morgan fingerprint density at radius 1 is 1.00 bits per heavy atom. The number of hydrogen-bond acceptors (Lipinski definition) is 1. The average molecular weight is 294 g/mol. The van der Waals surface area contributed by atoms with Crippen LogP contribution in [0.2, 0.25) is 12.1 Å². The largest absolute Gasteiger partial charge is 0.412 e. The lowest BCUT2D eigenvalue weighted by atomic mass is 10.1. The lowest BCUT2D eigenvalue weighted by Gasteiger charge is -2.39. The molecule has 0 amide bonds. The molecule has 2 aromatic rings. The molecule has 1 nitrogen and oxygen atoms in total. The molecule has 1 fully saturated rings. The maximum Gasteiger partial charge on any atom is 0.227 e. The summed E-state index contributed by atoms with van der Waals surface area (Å²) < 4.78 is 6.33. The second-order valence-corrected chi connectivity index (χ2v) is 9.87. The molecule has 2 aromatic carbocycles. The molecule has 2 unspecified atom stereocenters. The van der Waals surface area contributed by atoms with E-state index in [0.717, 1.165) is 13.0 Å². The smallest absolute Gasteiger partial charge is 0.227 e. The van der Waals surface area contributed by atoms with Gasteiger partial charge in [-0.05, 0) is 23.7 Å². The highest BCUT2D eigenvalue weighted by atomic mass is 28.4. The Morgan fingerprint density at radius 3 is 2.29 bits per heavy atom. The Morgan fingerprint density at radius 2 is 1.62 bits per heavy atom. The molecule has 3 rings (SSSR count). The van der Waals surface area contributed by atoms with Crippen LogP contribution < -0.4 is 5.19 Å². The summed E-state index contributed by atoms with van der Waals surface area (Å²) in [6.07, 6.45) is 3.41. The highest BCUT2D eigenvalue weighted by Gasteiger charge is 2.42. The number of rotatable bonds is 2. The van der Waals surface area contributed by atoms with E-state index < -0.39 is 8.32 Å². The van der Waals surface area contributed by atoms with Gasteiger partial charge in [0.1, 0.15) is 0 Å². The fraction of sp³-hybridized carbons (Fsp3) is 0.263. The van der Waals surface area contributed by atoms with Gasteiger partial charge in [-0.3, -0.25) is 0 Å². The molecule has 0 N–H and O–H groups in total. The molecule has 0 aliphatic carbocycles. The van der Waals surface area contributed by atoms with Gasteiger partial charge in [0.15, 0.2) is 0 Å². The van der Waals surface area contributed by atoms with Gasteiger partial charge < -0.3 is 4.43 Å². The Bertz CT molecular complexity index is 621. The van der Waals surface area contributed by atoms with Gasteiger partial charge in [0.2, 0.25) is 8.32 Å². The molecule has 1 heterocycles. The summed E-state index contributed by atoms with van der Waals surface area (Å²) in [6, 6.07) is 21.4. The minimum atomic E-state index is -1.90. The monoisotopic (exact) mass is 294 g/mol. The molecule has 0 radical (unpaired) electrons. The zero-order valence-electron chi connectivity index (χ0n) is 12.8. The molecule has 1 aliphatic rings. The summed E-state index contributed by atoms with van der Waals surface area (Å²) in [4.78, 5) is 0. The molecular formula is C19H22OSi. The van der Waals surface area contributed by atoms with Crippen molar-refractivity contribution in [2.75, 3.05) is 6.61 Å². The molecule has 2 atom stereocenters. The predicted molar refractivity (Wildman–Crippen MR) is 92.1 cm³/mol. The van der Waals surface area contributed by atoms with Gasteiger partial charge in [-0.1, -0.05) is 79.2 Å². The van der Waals surface area contributed by atoms with Crippen LogP contribution in [0.25, 0.3) is 6.08 Å². The van der Waals surface area contributed by atoms with Crippen LogP contribution in [0.15, 0.2) is 66.2 Å². The highest BCUT2D eigenvalue weighted by molar-refractivity contribution is 6.87. The van der Waals surface area contributed by atoms with Crippen LogP contribution in [-0.4, -0.2) is 14.9 Å². The third-order valence-electron chi connectivity index (χ3n) is 4.67. The van der Waals surface area contributed by atoms with E-state index in [1.165, 1.54) is 16.3 Å². The molecule has 0 aromatic heterocycles. The van der Waals surface area contributed by atoms with Crippen molar-refractivity contribution in [2.45, 2.75) is 25.4 Å². The summed E-state index contributed by atoms with van der Waals surface area (Å²) in [5.41, 5.74) is 3.34. The fourth-order valence-corrected chi connectivity index (χ4v) is 6.37. The molecule has 0 bridgehead atoms. The molecule has 108 valence electrons. The summed E-state index contributed by atoms with van der Waals surface area (Å²) >= 11 is 0. The summed E-state index contributed by atoms with van der Waals surface area (Å²) in [5.74, 6) is 0. The van der Waals surface area contributed by atoms with Gasteiger partial charge in [0, 0.05) is 12.1 Å². The molecule has 0 spiro atoms. The van der Waals surface area contributed by atoms with E-state index in [0.29, 0.717) is 5.54 Å². The van der Waals surface area contributed by atoms with Gasteiger partial charge in [-0.25, -0.2) is 0 Å². The van der Waals surface area contributed by atoms with Gasteiger partial charge in [0.05, 0.1) is 0 Å². The minimum absolute atomic E-state index is 0.508. The van der Waals surface area contributed by atoms with Crippen LogP contribution in [0.1, 0.15) is 18.9 Å². The van der Waals surface area contributed by atoms with Crippen LogP contribution in [0.4, 0.5) is 0 Å². The first kappa shape index (κ1) is 14.3. The zero-order valence-corrected chi connectivity index (χ0v) is 13.8. The quantitative estimate of drug-likeness (QED) is 0.748. The van der Waals surface area contributed by atoms with Gasteiger partial charge in [0.25, 0.3) is 0 Å². The fourth-order valence-electron chi connectivity index (χ4n) is 3.14. The van der Waals surface area contributed by atoms with Gasteiger partial charge in [-0.15, -0.1) is 0 Å². The average Bonchev–Trinajstić information content (AvgIpc) is 2.54. The third kappa shape index (κ3) is 2.87. The standard InChI is InChI=1S/C19H22OSi/c1-16-18(15-17-9-5-3-6-10-17)13-14-20-21(16,2)19-11-7-4-8-12-19/h3-12,15-16H,13-14H2,1-2H3/b18-15+. The highest BCUT2D eigenvalue weighted by Crippen LogP contribution is 2.37. The van der Waals surface area contributed by atoms with Crippen molar-refractivity contribution >= 4 is 19.6 Å². The van der Waals surface area contributed by atoms with Crippen molar-refractivity contribution in [3.05, 3.63) is 71.8 Å². The summed E-state index contributed by atoms with van der Waals surface area (Å²) in [7, 11) is -1.90. The van der Waals surface area contributed by atoms with Crippen LogP contribution in [0.5, 0.6) is 0 Å². The Labute approximate surface area is 128 Å². The normalized spacial score (nSPS) is 27.7. The lowest BCUT2D eigenvalue weighted by Crippen LogP contribution is -2.54. The van der Waals surface area contributed by atoms with E-state index in [1.54, 1.807) is 0 Å². The predicted octanol–water partition coefficient (Wildman–Crippen LogP) is 4.36. The van der Waals surface area contributed by atoms with E-state index in [2.05, 4.69) is 80.2 Å². The van der Waals surface area contributed by atoms with Crippen molar-refractivity contribution in [2.24, 2.45) is 0 Å². The van der Waals surface area contributed by atoms with Crippen molar-refractivity contribution in [3.8, 4) is 0 Å². The first-order valence-corrected chi connectivity index (χ1v) is 10.1. The maximum atomic E-state index is 6.33. The van der Waals surface area contributed by atoms with Crippen LogP contribution in [-0.2, 0) is 4.43 Å². The molecule has 21 heavy (non-hydrogen) atoms. The van der Waals surface area contributed by atoms with Crippen LogP contribution >= 0.6 is 0 Å². The van der Waals surface area contributed by atoms with Gasteiger partial charge >= 0.3 is 0 Å². The lowest BCUT2D eigenvalue weighted by molar-refractivity contribution is 0.291. The molecule has 1 aliphatic heterocycles. The summed E-state index contributed by atoms with van der Waals surface area (Å²) in [6.45, 7) is 5.54. The van der Waals surface area contributed by atoms with E-state index in [-0.39, 0.29) is 0 Å². The van der Waals surface area contributed by atoms with Crippen LogP contribution in [0, 0.1) is 0 Å². The Balaban J connectivity index is 1.94. The van der Waals surface area contributed by atoms with Crippen molar-refractivity contribution in [1.82, 2.24) is 0 Å².